The minimum atomic E-state index is -0.0930. The van der Waals surface area contributed by atoms with E-state index < -0.39 is 0 Å². The molecule has 2 unspecified atom stereocenters. The Morgan fingerprint density at radius 3 is 2.70 bits per heavy atom. The van der Waals surface area contributed by atoms with E-state index in [-0.39, 0.29) is 23.8 Å². The van der Waals surface area contributed by atoms with Crippen LogP contribution >= 0.6 is 0 Å². The first-order valence-corrected chi connectivity index (χ1v) is 7.29. The largest absolute Gasteiger partial charge is 0.370 e. The molecule has 1 amide bonds. The third-order valence-electron chi connectivity index (χ3n) is 3.93. The summed E-state index contributed by atoms with van der Waals surface area (Å²) in [6.45, 7) is 6.36. The quantitative estimate of drug-likeness (QED) is 0.912. The predicted molar refractivity (Wildman–Crippen MR) is 79.1 cm³/mol. The smallest absolute Gasteiger partial charge is 0.227 e. The van der Waals surface area contributed by atoms with Gasteiger partial charge in [-0.2, -0.15) is 0 Å². The number of nitrogens with zero attached hydrogens (tertiary/aromatic N) is 1. The normalized spacial score (nSPS) is 21.0. The first kappa shape index (κ1) is 15.0. The molecule has 0 saturated carbocycles. The lowest BCUT2D eigenvalue weighted by Gasteiger charge is -2.36. The lowest BCUT2D eigenvalue weighted by atomic mass is 9.94. The van der Waals surface area contributed by atoms with Gasteiger partial charge in [0.25, 0.3) is 0 Å². The van der Waals surface area contributed by atoms with Crippen LogP contribution in [0.3, 0.4) is 0 Å². The second-order valence-corrected chi connectivity index (χ2v) is 5.64. The van der Waals surface area contributed by atoms with Crippen LogP contribution in [0, 0.1) is 11.8 Å². The van der Waals surface area contributed by atoms with Crippen molar-refractivity contribution in [2.45, 2.75) is 20.0 Å². The van der Waals surface area contributed by atoms with Crippen LogP contribution in [-0.4, -0.2) is 37.0 Å². The molecule has 4 heteroatoms. The number of benzene rings is 1. The number of hydrogen-bond donors (Lipinski definition) is 1. The van der Waals surface area contributed by atoms with E-state index in [2.05, 4.69) is 0 Å². The van der Waals surface area contributed by atoms with E-state index in [4.69, 9.17) is 10.5 Å². The number of hydrogen-bond acceptors (Lipinski definition) is 3. The van der Waals surface area contributed by atoms with Crippen molar-refractivity contribution < 1.29 is 9.53 Å². The molecule has 1 aromatic rings. The van der Waals surface area contributed by atoms with Crippen LogP contribution in [0.25, 0.3) is 0 Å². The Morgan fingerprint density at radius 1 is 1.40 bits per heavy atom. The topological polar surface area (TPSA) is 55.6 Å². The molecule has 2 atom stereocenters. The summed E-state index contributed by atoms with van der Waals surface area (Å²) >= 11 is 0. The highest BCUT2D eigenvalue weighted by atomic mass is 16.5. The van der Waals surface area contributed by atoms with E-state index in [1.807, 2.05) is 49.1 Å². The highest BCUT2D eigenvalue weighted by Gasteiger charge is 2.30. The molecule has 1 heterocycles. The molecule has 2 N–H and O–H groups in total. The second kappa shape index (κ2) is 6.86. The molecule has 2 rings (SSSR count). The summed E-state index contributed by atoms with van der Waals surface area (Å²) in [6.07, 6.45) is -0.0283. The number of amides is 1. The summed E-state index contributed by atoms with van der Waals surface area (Å²) in [5.74, 6) is 0.335. The molecule has 0 radical (unpaired) electrons. The van der Waals surface area contributed by atoms with E-state index in [0.29, 0.717) is 26.2 Å². The minimum absolute atomic E-state index is 0.0283. The van der Waals surface area contributed by atoms with Crippen LogP contribution in [0.5, 0.6) is 0 Å². The Labute approximate surface area is 120 Å². The maximum Gasteiger partial charge on any atom is 0.227 e. The van der Waals surface area contributed by atoms with Gasteiger partial charge >= 0.3 is 0 Å². The van der Waals surface area contributed by atoms with Crippen LogP contribution in [0.2, 0.25) is 0 Å². The third-order valence-corrected chi connectivity index (χ3v) is 3.93. The van der Waals surface area contributed by atoms with Crippen LogP contribution in [-0.2, 0) is 9.53 Å². The van der Waals surface area contributed by atoms with Gasteiger partial charge in [0.2, 0.25) is 5.91 Å². The van der Waals surface area contributed by atoms with E-state index in [9.17, 15) is 4.79 Å². The highest BCUT2D eigenvalue weighted by Crippen LogP contribution is 2.24. The molecule has 1 aliphatic heterocycles. The van der Waals surface area contributed by atoms with Gasteiger partial charge in [-0.05, 0) is 11.5 Å². The molecule has 1 fully saturated rings. The van der Waals surface area contributed by atoms with Gasteiger partial charge in [-0.25, -0.2) is 0 Å². The molecule has 1 aliphatic rings. The van der Waals surface area contributed by atoms with Gasteiger partial charge in [0.1, 0.15) is 6.10 Å². The summed E-state index contributed by atoms with van der Waals surface area (Å²) in [4.78, 5) is 14.4. The molecule has 4 nitrogen and oxygen atoms in total. The molecule has 1 aromatic carbocycles. The SMILES string of the molecule is CC(C)C(CN)C(=O)N1CCOC(c2ccccc2)C1. The molecule has 1 saturated heterocycles. The molecule has 0 aromatic heterocycles. The Kier molecular flexibility index (Phi) is 5.15. The summed E-state index contributed by atoms with van der Waals surface area (Å²) < 4.78 is 5.79. The molecule has 20 heavy (non-hydrogen) atoms. The minimum Gasteiger partial charge on any atom is -0.370 e. The number of ether oxygens (including phenoxy) is 1. The van der Waals surface area contributed by atoms with E-state index in [1.165, 1.54) is 0 Å². The van der Waals surface area contributed by atoms with Gasteiger partial charge in [-0.3, -0.25) is 4.79 Å². The van der Waals surface area contributed by atoms with E-state index in [1.54, 1.807) is 0 Å². The maximum absolute atomic E-state index is 12.5. The van der Waals surface area contributed by atoms with Gasteiger partial charge in [0.05, 0.1) is 19.1 Å². The Morgan fingerprint density at radius 2 is 2.10 bits per heavy atom. The van der Waals surface area contributed by atoms with Crippen molar-refractivity contribution >= 4 is 5.91 Å². The number of carbonyl (C=O) groups excluding carboxylic acids is 1. The third kappa shape index (κ3) is 3.38. The fraction of sp³-hybridized carbons (Fsp3) is 0.562. The zero-order chi connectivity index (χ0) is 14.5. The van der Waals surface area contributed by atoms with Crippen LogP contribution in [0.15, 0.2) is 30.3 Å². The summed E-state index contributed by atoms with van der Waals surface area (Å²) in [6, 6.07) is 10.1. The lowest BCUT2D eigenvalue weighted by molar-refractivity contribution is -0.144. The predicted octanol–water partition coefficient (Wildman–Crippen LogP) is 1.82. The van der Waals surface area contributed by atoms with Crippen molar-refractivity contribution in [3.05, 3.63) is 35.9 Å². The number of carbonyl (C=O) groups is 1. The first-order valence-electron chi connectivity index (χ1n) is 7.29. The van der Waals surface area contributed by atoms with Gasteiger partial charge in [-0.1, -0.05) is 44.2 Å². The Bertz CT molecular complexity index is 433. The van der Waals surface area contributed by atoms with Gasteiger partial charge < -0.3 is 15.4 Å². The van der Waals surface area contributed by atoms with Gasteiger partial charge in [0, 0.05) is 13.1 Å². The zero-order valence-corrected chi connectivity index (χ0v) is 12.3. The molecule has 0 aliphatic carbocycles. The van der Waals surface area contributed by atoms with Gasteiger partial charge in [0.15, 0.2) is 0 Å². The average molecular weight is 276 g/mol. The van der Waals surface area contributed by atoms with Crippen molar-refractivity contribution in [2.75, 3.05) is 26.2 Å². The summed E-state index contributed by atoms with van der Waals surface area (Å²) in [5, 5.41) is 0. The number of rotatable bonds is 4. The van der Waals surface area contributed by atoms with E-state index >= 15 is 0 Å². The summed E-state index contributed by atoms with van der Waals surface area (Å²) in [5.41, 5.74) is 6.87. The lowest BCUT2D eigenvalue weighted by Crippen LogP contribution is -2.47. The zero-order valence-electron chi connectivity index (χ0n) is 12.3. The van der Waals surface area contributed by atoms with Crippen molar-refractivity contribution in [2.24, 2.45) is 17.6 Å². The standard InChI is InChI=1S/C16H24N2O2/c1-12(2)14(10-17)16(19)18-8-9-20-15(11-18)13-6-4-3-5-7-13/h3-7,12,14-15H,8-11,17H2,1-2H3. The van der Waals surface area contributed by atoms with Crippen LogP contribution < -0.4 is 5.73 Å². The monoisotopic (exact) mass is 276 g/mol. The fourth-order valence-corrected chi connectivity index (χ4v) is 2.61. The molecule has 0 bridgehead atoms. The Balaban J connectivity index is 2.05. The highest BCUT2D eigenvalue weighted by molar-refractivity contribution is 5.79. The summed E-state index contributed by atoms with van der Waals surface area (Å²) in [7, 11) is 0. The van der Waals surface area contributed by atoms with Crippen molar-refractivity contribution in [3.63, 3.8) is 0 Å². The van der Waals surface area contributed by atoms with Gasteiger partial charge in [-0.15, -0.1) is 0 Å². The Hall–Kier alpha value is -1.39. The van der Waals surface area contributed by atoms with E-state index in [0.717, 1.165) is 5.56 Å². The molecule has 0 spiro atoms. The first-order chi connectivity index (χ1) is 9.63. The average Bonchev–Trinajstić information content (AvgIpc) is 2.48. The second-order valence-electron chi connectivity index (χ2n) is 5.64. The maximum atomic E-state index is 12.5. The van der Waals surface area contributed by atoms with Crippen molar-refractivity contribution in [1.29, 1.82) is 0 Å². The molecule has 110 valence electrons. The molecular weight excluding hydrogens is 252 g/mol. The van der Waals surface area contributed by atoms with Crippen molar-refractivity contribution in [3.8, 4) is 0 Å². The number of nitrogens with two attached hydrogens (primary N) is 1. The van der Waals surface area contributed by atoms with Crippen LogP contribution in [0.1, 0.15) is 25.5 Å². The number of morpholine rings is 1. The fourth-order valence-electron chi connectivity index (χ4n) is 2.61. The van der Waals surface area contributed by atoms with Crippen LogP contribution in [0.4, 0.5) is 0 Å². The van der Waals surface area contributed by atoms with Crippen molar-refractivity contribution in [1.82, 2.24) is 4.90 Å². The molecular formula is C16H24N2O2.